The van der Waals surface area contributed by atoms with Crippen molar-refractivity contribution in [2.45, 2.75) is 6.92 Å². The molecular weight excluding hydrogens is 216 g/mol. The zero-order valence-corrected chi connectivity index (χ0v) is 9.90. The third-order valence-electron chi connectivity index (χ3n) is 2.60. The predicted molar refractivity (Wildman–Crippen MR) is 66.6 cm³/mol. The van der Waals surface area contributed by atoms with Crippen LogP contribution in [0, 0.1) is 6.92 Å². The van der Waals surface area contributed by atoms with Crippen LogP contribution < -0.4 is 5.32 Å². The first-order valence-corrected chi connectivity index (χ1v) is 5.70. The highest BCUT2D eigenvalue weighted by Gasteiger charge is 2.08. The molecule has 4 heteroatoms. The Hall–Kier alpha value is -1.68. The molecule has 0 aliphatic carbocycles. The molecule has 0 unspecified atom stereocenters. The molecule has 0 spiro atoms. The summed E-state index contributed by atoms with van der Waals surface area (Å²) in [5, 5.41) is 3.01. The molecule has 1 heterocycles. The normalized spacial score (nSPS) is 15.2. The number of aryl methyl sites for hydroxylation is 1. The third kappa shape index (κ3) is 3.39. The summed E-state index contributed by atoms with van der Waals surface area (Å²) in [5.41, 5.74) is 1.87. The van der Waals surface area contributed by atoms with E-state index >= 15 is 0 Å². The molecule has 0 fully saturated rings. The van der Waals surface area contributed by atoms with Crippen molar-refractivity contribution in [3.8, 4) is 0 Å². The van der Waals surface area contributed by atoms with E-state index in [2.05, 4.69) is 10.3 Å². The van der Waals surface area contributed by atoms with Crippen LogP contribution in [0.4, 0.5) is 0 Å². The molecule has 1 aliphatic heterocycles. The highest BCUT2D eigenvalue weighted by Crippen LogP contribution is 2.03. The van der Waals surface area contributed by atoms with E-state index in [9.17, 15) is 4.79 Å². The number of hydrogen-bond donors (Lipinski definition) is 1. The van der Waals surface area contributed by atoms with Crippen molar-refractivity contribution >= 4 is 11.6 Å². The topological polar surface area (TPSA) is 50.7 Å². The van der Waals surface area contributed by atoms with E-state index in [0.29, 0.717) is 19.8 Å². The monoisotopic (exact) mass is 232 g/mol. The lowest BCUT2D eigenvalue weighted by molar-refractivity contribution is 0.0994. The number of aliphatic imine (C=N–C) groups is 1. The van der Waals surface area contributed by atoms with E-state index in [1.807, 2.05) is 31.2 Å². The maximum Gasteiger partial charge on any atom is 0.181 e. The molecule has 0 saturated heterocycles. The Labute approximate surface area is 101 Å². The zero-order valence-electron chi connectivity index (χ0n) is 9.90. The van der Waals surface area contributed by atoms with Crippen LogP contribution in [-0.2, 0) is 4.74 Å². The second-order valence-electron chi connectivity index (χ2n) is 4.02. The summed E-state index contributed by atoms with van der Waals surface area (Å²) < 4.78 is 5.23. The summed E-state index contributed by atoms with van der Waals surface area (Å²) in [5.74, 6) is 0.829. The molecular formula is C13H16N2O2. The summed E-state index contributed by atoms with van der Waals surface area (Å²) >= 11 is 0. The van der Waals surface area contributed by atoms with E-state index < -0.39 is 0 Å². The fourth-order valence-corrected chi connectivity index (χ4v) is 1.59. The van der Waals surface area contributed by atoms with Gasteiger partial charge in [0.1, 0.15) is 12.4 Å². The molecule has 2 rings (SSSR count). The first kappa shape index (κ1) is 11.8. The quantitative estimate of drug-likeness (QED) is 0.797. The largest absolute Gasteiger partial charge is 0.372 e. The summed E-state index contributed by atoms with van der Waals surface area (Å²) in [6.45, 7) is 4.07. The van der Waals surface area contributed by atoms with Crippen LogP contribution >= 0.6 is 0 Å². The van der Waals surface area contributed by atoms with E-state index in [4.69, 9.17) is 4.74 Å². The second-order valence-corrected chi connectivity index (χ2v) is 4.02. The molecule has 0 bridgehead atoms. The zero-order chi connectivity index (χ0) is 12.1. The molecule has 0 aromatic heterocycles. The van der Waals surface area contributed by atoms with E-state index in [0.717, 1.165) is 17.0 Å². The van der Waals surface area contributed by atoms with Crippen LogP contribution in [0.1, 0.15) is 15.9 Å². The van der Waals surface area contributed by atoms with Crippen molar-refractivity contribution in [1.29, 1.82) is 0 Å². The fourth-order valence-electron chi connectivity index (χ4n) is 1.59. The van der Waals surface area contributed by atoms with Gasteiger partial charge < -0.3 is 10.1 Å². The number of benzene rings is 1. The standard InChI is InChI=1S/C13H16N2O2/c1-10-2-4-11(5-3-10)12(16)8-15-13-9-17-7-6-14-13/h2-5H,6-9H2,1H3,(H,14,15). The average Bonchev–Trinajstić information content (AvgIpc) is 2.38. The lowest BCUT2D eigenvalue weighted by Crippen LogP contribution is -2.35. The molecule has 4 nitrogen and oxygen atoms in total. The molecule has 0 saturated carbocycles. The van der Waals surface area contributed by atoms with Crippen LogP contribution in [0.2, 0.25) is 0 Å². The summed E-state index contributed by atoms with van der Waals surface area (Å²) in [6.07, 6.45) is 0. The average molecular weight is 232 g/mol. The van der Waals surface area contributed by atoms with Crippen molar-refractivity contribution in [3.05, 3.63) is 35.4 Å². The molecule has 1 aliphatic rings. The number of rotatable bonds is 3. The third-order valence-corrected chi connectivity index (χ3v) is 2.60. The number of ketones is 1. The number of nitrogens with one attached hydrogen (secondary N) is 1. The van der Waals surface area contributed by atoms with Crippen molar-refractivity contribution in [2.75, 3.05) is 26.3 Å². The lowest BCUT2D eigenvalue weighted by atomic mass is 10.1. The van der Waals surface area contributed by atoms with Gasteiger partial charge in [0.25, 0.3) is 0 Å². The second kappa shape index (κ2) is 5.59. The highest BCUT2D eigenvalue weighted by atomic mass is 16.5. The molecule has 1 N–H and O–H groups in total. The first-order chi connectivity index (χ1) is 8.25. The maximum atomic E-state index is 11.8. The van der Waals surface area contributed by atoms with Gasteiger partial charge >= 0.3 is 0 Å². The Morgan fingerprint density at radius 3 is 2.82 bits per heavy atom. The number of carbonyl (C=O) groups excluding carboxylic acids is 1. The van der Waals surface area contributed by atoms with Gasteiger partial charge in [0.05, 0.1) is 19.7 Å². The van der Waals surface area contributed by atoms with Crippen LogP contribution in [0.15, 0.2) is 29.3 Å². The number of Topliss-reactive ketones (excluding diaryl/α,β-unsaturated/α-hetero) is 1. The Bertz CT molecular complexity index is 424. The van der Waals surface area contributed by atoms with Gasteiger partial charge in [0, 0.05) is 5.56 Å². The fraction of sp³-hybridized carbons (Fsp3) is 0.385. The Morgan fingerprint density at radius 2 is 2.18 bits per heavy atom. The van der Waals surface area contributed by atoms with Gasteiger partial charge in [-0.3, -0.25) is 9.79 Å². The van der Waals surface area contributed by atoms with Crippen molar-refractivity contribution in [1.82, 2.24) is 5.32 Å². The minimum atomic E-state index is 0.0678. The van der Waals surface area contributed by atoms with Gasteiger partial charge in [-0.2, -0.15) is 0 Å². The van der Waals surface area contributed by atoms with E-state index in [1.165, 1.54) is 0 Å². The number of ether oxygens (including phenoxy) is 1. The lowest BCUT2D eigenvalue weighted by Gasteiger charge is -2.14. The maximum absolute atomic E-state index is 11.8. The highest BCUT2D eigenvalue weighted by molar-refractivity contribution is 6.00. The van der Waals surface area contributed by atoms with E-state index in [-0.39, 0.29) is 12.3 Å². The number of hydrogen-bond acceptors (Lipinski definition) is 4. The minimum absolute atomic E-state index is 0.0678. The van der Waals surface area contributed by atoms with E-state index in [1.54, 1.807) is 0 Å². The van der Waals surface area contributed by atoms with Crippen LogP contribution in [0.25, 0.3) is 0 Å². The minimum Gasteiger partial charge on any atom is -0.372 e. The van der Waals surface area contributed by atoms with Gasteiger partial charge in [-0.1, -0.05) is 29.8 Å². The Balaban J connectivity index is 1.88. The number of amidine groups is 1. The molecule has 90 valence electrons. The van der Waals surface area contributed by atoms with Crippen molar-refractivity contribution < 1.29 is 9.53 Å². The van der Waals surface area contributed by atoms with Gasteiger partial charge in [-0.15, -0.1) is 0 Å². The van der Waals surface area contributed by atoms with Crippen molar-refractivity contribution in [3.63, 3.8) is 0 Å². The van der Waals surface area contributed by atoms with Gasteiger partial charge in [0.2, 0.25) is 0 Å². The summed E-state index contributed by atoms with van der Waals surface area (Å²) in [4.78, 5) is 16.1. The SMILES string of the molecule is Cc1ccc(C(=O)CNC2=NCCOC2)cc1. The molecule has 0 atom stereocenters. The van der Waals surface area contributed by atoms with Crippen LogP contribution in [-0.4, -0.2) is 37.9 Å². The molecule has 0 amide bonds. The smallest absolute Gasteiger partial charge is 0.181 e. The van der Waals surface area contributed by atoms with Gasteiger partial charge in [-0.25, -0.2) is 0 Å². The van der Waals surface area contributed by atoms with Gasteiger partial charge in [0.15, 0.2) is 5.78 Å². The molecule has 1 aromatic carbocycles. The van der Waals surface area contributed by atoms with Crippen molar-refractivity contribution in [2.24, 2.45) is 4.99 Å². The van der Waals surface area contributed by atoms with Gasteiger partial charge in [-0.05, 0) is 6.92 Å². The molecule has 17 heavy (non-hydrogen) atoms. The number of nitrogens with zero attached hydrogens (tertiary/aromatic N) is 1. The molecule has 0 radical (unpaired) electrons. The predicted octanol–water partition coefficient (Wildman–Crippen LogP) is 1.20. The number of carbonyl (C=O) groups is 1. The molecule has 1 aromatic rings. The summed E-state index contributed by atoms with van der Waals surface area (Å²) in [6, 6.07) is 7.57. The Kier molecular flexibility index (Phi) is 3.88. The Morgan fingerprint density at radius 1 is 1.41 bits per heavy atom. The van der Waals surface area contributed by atoms with Crippen LogP contribution in [0.3, 0.4) is 0 Å². The summed E-state index contributed by atoms with van der Waals surface area (Å²) in [7, 11) is 0. The first-order valence-electron chi connectivity index (χ1n) is 5.70. The van der Waals surface area contributed by atoms with Crippen LogP contribution in [0.5, 0.6) is 0 Å².